The van der Waals surface area contributed by atoms with Gasteiger partial charge in [-0.3, -0.25) is 9.69 Å². The predicted octanol–water partition coefficient (Wildman–Crippen LogP) is 5.13. The lowest BCUT2D eigenvalue weighted by Gasteiger charge is -2.43. The monoisotopic (exact) mass is 462 g/mol. The highest BCUT2D eigenvalue weighted by Crippen LogP contribution is 2.30. The van der Waals surface area contributed by atoms with E-state index in [-0.39, 0.29) is 6.10 Å². The van der Waals surface area contributed by atoms with Crippen molar-refractivity contribution in [1.82, 2.24) is 9.80 Å². The van der Waals surface area contributed by atoms with Gasteiger partial charge >= 0.3 is 5.97 Å². The molecule has 0 bridgehead atoms. The molecule has 2 aromatic carbocycles. The van der Waals surface area contributed by atoms with Gasteiger partial charge in [0.15, 0.2) is 0 Å². The molecule has 0 spiro atoms. The highest BCUT2D eigenvalue weighted by Gasteiger charge is 2.34. The molecule has 2 aliphatic rings. The van der Waals surface area contributed by atoms with Crippen LogP contribution in [0.4, 0.5) is 0 Å². The van der Waals surface area contributed by atoms with Gasteiger partial charge in [-0.25, -0.2) is 0 Å². The van der Waals surface area contributed by atoms with Crippen molar-refractivity contribution in [3.63, 3.8) is 0 Å². The zero-order valence-electron chi connectivity index (χ0n) is 17.4. The quantitative estimate of drug-likeness (QED) is 0.644. The normalized spacial score (nSPS) is 20.5. The van der Waals surface area contributed by atoms with Crippen LogP contribution in [0.2, 0.25) is 10.0 Å². The summed E-state index contributed by atoms with van der Waals surface area (Å²) in [7, 11) is 0. The van der Waals surface area contributed by atoms with Crippen molar-refractivity contribution in [2.45, 2.75) is 43.9 Å². The first kappa shape index (κ1) is 22.4. The summed E-state index contributed by atoms with van der Waals surface area (Å²) in [6.45, 7) is 3.60. The van der Waals surface area contributed by atoms with E-state index in [4.69, 9.17) is 27.9 Å². The van der Waals surface area contributed by atoms with E-state index >= 15 is 0 Å². The zero-order valence-corrected chi connectivity index (χ0v) is 18.9. The third kappa shape index (κ3) is 5.53. The largest absolute Gasteiger partial charge is 0.490 e. The van der Waals surface area contributed by atoms with Crippen molar-refractivity contribution in [3.8, 4) is 5.75 Å². The number of halogens is 2. The molecule has 1 unspecified atom stereocenters. The molecule has 2 aromatic rings. The summed E-state index contributed by atoms with van der Waals surface area (Å²) >= 11 is 12.1. The van der Waals surface area contributed by atoms with E-state index in [1.54, 1.807) is 12.1 Å². The fourth-order valence-corrected chi connectivity index (χ4v) is 5.04. The first-order valence-electron chi connectivity index (χ1n) is 10.9. The van der Waals surface area contributed by atoms with Crippen LogP contribution in [-0.2, 0) is 4.79 Å². The van der Waals surface area contributed by atoms with Gasteiger partial charge in [-0.05, 0) is 43.4 Å². The molecular weight excluding hydrogens is 435 g/mol. The first-order chi connectivity index (χ1) is 15.0. The van der Waals surface area contributed by atoms with Gasteiger partial charge in [-0.2, -0.15) is 0 Å². The number of likely N-dealkylation sites (tertiary alicyclic amines) is 2. The molecule has 4 rings (SSSR count). The van der Waals surface area contributed by atoms with Crippen LogP contribution in [0.5, 0.6) is 5.75 Å². The van der Waals surface area contributed by atoms with Crippen LogP contribution in [0, 0.1) is 0 Å². The van der Waals surface area contributed by atoms with Crippen LogP contribution in [0.3, 0.4) is 0 Å². The summed E-state index contributed by atoms with van der Waals surface area (Å²) in [5, 5.41) is 10.8. The average Bonchev–Trinajstić information content (AvgIpc) is 2.78. The van der Waals surface area contributed by atoms with Gasteiger partial charge in [0.25, 0.3) is 0 Å². The number of hydrogen-bond donors (Lipinski definition) is 1. The Bertz CT molecular complexity index is 880. The number of hydrogen-bond acceptors (Lipinski definition) is 4. The molecule has 2 heterocycles. The number of carbonyl (C=O) groups is 1. The number of rotatable bonds is 6. The van der Waals surface area contributed by atoms with Crippen molar-refractivity contribution in [2.75, 3.05) is 26.2 Å². The maximum absolute atomic E-state index is 11.9. The Balaban J connectivity index is 1.27. The van der Waals surface area contributed by atoms with Gasteiger partial charge in [-0.15, -0.1) is 0 Å². The standard InChI is InChI=1S/C24H28Cl2N2O3/c25-21-7-6-20(16-22(21)26)31-19-10-14-27(15-11-19)18-8-12-28(13-9-18)23(24(29)30)17-4-2-1-3-5-17/h1-7,16,18-19,23H,8-15H2,(H,29,30). The van der Waals surface area contributed by atoms with E-state index in [0.717, 1.165) is 63.2 Å². The Morgan fingerprint density at radius 3 is 2.23 bits per heavy atom. The molecule has 0 radical (unpaired) electrons. The Kier molecular flexibility index (Phi) is 7.39. The van der Waals surface area contributed by atoms with Crippen molar-refractivity contribution in [1.29, 1.82) is 0 Å². The number of carboxylic acid groups (broad SMARTS) is 1. The van der Waals surface area contributed by atoms with Crippen molar-refractivity contribution >= 4 is 29.2 Å². The summed E-state index contributed by atoms with van der Waals surface area (Å²) in [4.78, 5) is 16.6. The fraction of sp³-hybridized carbons (Fsp3) is 0.458. The molecule has 31 heavy (non-hydrogen) atoms. The van der Waals surface area contributed by atoms with E-state index < -0.39 is 12.0 Å². The molecule has 2 aliphatic heterocycles. The zero-order chi connectivity index (χ0) is 21.8. The summed E-state index contributed by atoms with van der Waals surface area (Å²) in [6.07, 6.45) is 4.12. The lowest BCUT2D eigenvalue weighted by Crippen LogP contribution is -2.50. The lowest BCUT2D eigenvalue weighted by atomic mass is 9.96. The minimum Gasteiger partial charge on any atom is -0.490 e. The second-order valence-electron chi connectivity index (χ2n) is 8.35. The molecule has 2 saturated heterocycles. The van der Waals surface area contributed by atoms with Crippen molar-refractivity contribution in [2.24, 2.45) is 0 Å². The predicted molar refractivity (Wildman–Crippen MR) is 123 cm³/mol. The molecule has 5 nitrogen and oxygen atoms in total. The molecule has 0 aliphatic carbocycles. The van der Waals surface area contributed by atoms with Gasteiger partial charge < -0.3 is 14.7 Å². The smallest absolute Gasteiger partial charge is 0.325 e. The number of benzene rings is 2. The molecule has 7 heteroatoms. The van der Waals surface area contributed by atoms with Crippen LogP contribution >= 0.6 is 23.2 Å². The number of carboxylic acids is 1. The molecule has 0 saturated carbocycles. The highest BCUT2D eigenvalue weighted by atomic mass is 35.5. The highest BCUT2D eigenvalue weighted by molar-refractivity contribution is 6.42. The third-order valence-electron chi connectivity index (χ3n) is 6.40. The summed E-state index contributed by atoms with van der Waals surface area (Å²) < 4.78 is 6.11. The molecule has 1 atom stereocenters. The van der Waals surface area contributed by atoms with Gasteiger partial charge in [0.1, 0.15) is 17.9 Å². The third-order valence-corrected chi connectivity index (χ3v) is 7.14. The minimum atomic E-state index is -0.773. The van der Waals surface area contributed by atoms with Gasteiger partial charge in [0, 0.05) is 38.3 Å². The minimum absolute atomic E-state index is 0.183. The summed E-state index contributed by atoms with van der Waals surface area (Å²) in [6, 6.07) is 14.9. The van der Waals surface area contributed by atoms with Crippen LogP contribution in [0.1, 0.15) is 37.3 Å². The van der Waals surface area contributed by atoms with Gasteiger partial charge in [0.05, 0.1) is 10.0 Å². The molecule has 0 aromatic heterocycles. The molecular formula is C24H28Cl2N2O3. The van der Waals surface area contributed by atoms with E-state index in [1.165, 1.54) is 0 Å². The first-order valence-corrected chi connectivity index (χ1v) is 11.6. The number of piperidine rings is 2. The Morgan fingerprint density at radius 2 is 1.61 bits per heavy atom. The van der Waals surface area contributed by atoms with Crippen molar-refractivity contribution < 1.29 is 14.6 Å². The number of nitrogens with zero attached hydrogens (tertiary/aromatic N) is 2. The van der Waals surface area contributed by atoms with Gasteiger partial charge in [-0.1, -0.05) is 53.5 Å². The van der Waals surface area contributed by atoms with Crippen LogP contribution in [-0.4, -0.2) is 59.2 Å². The SMILES string of the molecule is O=C(O)C(c1ccccc1)N1CCC(N2CCC(Oc3ccc(Cl)c(Cl)c3)CC2)CC1. The number of ether oxygens (including phenoxy) is 1. The maximum atomic E-state index is 11.9. The fourth-order valence-electron chi connectivity index (χ4n) is 4.76. The number of aliphatic carboxylic acids is 1. The second kappa shape index (κ2) is 10.2. The van der Waals surface area contributed by atoms with Crippen LogP contribution in [0.15, 0.2) is 48.5 Å². The van der Waals surface area contributed by atoms with E-state index in [1.807, 2.05) is 36.4 Å². The van der Waals surface area contributed by atoms with E-state index in [2.05, 4.69) is 9.80 Å². The lowest BCUT2D eigenvalue weighted by molar-refractivity contribution is -0.144. The Hall–Kier alpha value is -1.79. The second-order valence-corrected chi connectivity index (χ2v) is 9.16. The maximum Gasteiger partial charge on any atom is 0.325 e. The van der Waals surface area contributed by atoms with Crippen LogP contribution < -0.4 is 4.74 Å². The van der Waals surface area contributed by atoms with E-state index in [9.17, 15) is 9.90 Å². The van der Waals surface area contributed by atoms with E-state index in [0.29, 0.717) is 16.1 Å². The van der Waals surface area contributed by atoms with Gasteiger partial charge in [0.2, 0.25) is 0 Å². The molecule has 166 valence electrons. The summed E-state index contributed by atoms with van der Waals surface area (Å²) in [5.41, 5.74) is 0.855. The summed E-state index contributed by atoms with van der Waals surface area (Å²) in [5.74, 6) is -0.00769. The molecule has 1 N–H and O–H groups in total. The Labute approximate surface area is 193 Å². The average molecular weight is 463 g/mol. The molecule has 0 amide bonds. The topological polar surface area (TPSA) is 53.0 Å². The molecule has 2 fully saturated rings. The Morgan fingerprint density at radius 1 is 0.935 bits per heavy atom. The van der Waals surface area contributed by atoms with Crippen molar-refractivity contribution in [3.05, 3.63) is 64.1 Å². The van der Waals surface area contributed by atoms with Crippen LogP contribution in [0.25, 0.3) is 0 Å².